The molecule has 1 aliphatic heterocycles. The molecular formula is C36H43N5O5. The Labute approximate surface area is 270 Å². The molecule has 242 valence electrons. The number of hydrogen-bond donors (Lipinski definition) is 2. The zero-order valence-electron chi connectivity index (χ0n) is 26.9. The highest BCUT2D eigenvalue weighted by atomic mass is 16.6. The Hall–Kier alpha value is -4.47. The SMILES string of the molecule is CC(C)(C)OC(=O)NC1(c2ccc(-c3nnc(NC(=O)CC4CCC(N5CCOC5=O)CC4)cc3-c3ccccc3)cc2)CCC1. The summed E-state index contributed by atoms with van der Waals surface area (Å²) in [6.07, 6.45) is 6.07. The van der Waals surface area contributed by atoms with Crippen molar-refractivity contribution in [3.63, 3.8) is 0 Å². The first-order chi connectivity index (χ1) is 22.1. The number of anilines is 1. The number of carbonyl (C=O) groups is 3. The molecule has 10 nitrogen and oxygen atoms in total. The van der Waals surface area contributed by atoms with Crippen LogP contribution in [0.2, 0.25) is 0 Å². The quantitative estimate of drug-likeness (QED) is 0.275. The fourth-order valence-corrected chi connectivity index (χ4v) is 6.82. The number of aromatic nitrogens is 2. The van der Waals surface area contributed by atoms with Crippen LogP contribution in [0.4, 0.5) is 15.4 Å². The molecule has 3 aliphatic rings. The second-order valence-electron chi connectivity index (χ2n) is 13.7. The molecule has 46 heavy (non-hydrogen) atoms. The largest absolute Gasteiger partial charge is 0.448 e. The Morgan fingerprint density at radius 3 is 2.30 bits per heavy atom. The van der Waals surface area contributed by atoms with Gasteiger partial charge in [0.05, 0.1) is 12.1 Å². The summed E-state index contributed by atoms with van der Waals surface area (Å²) >= 11 is 0. The number of hydrogen-bond acceptors (Lipinski definition) is 7. The lowest BCUT2D eigenvalue weighted by Crippen LogP contribution is -2.52. The fourth-order valence-electron chi connectivity index (χ4n) is 6.82. The van der Waals surface area contributed by atoms with Crippen LogP contribution < -0.4 is 10.6 Å². The van der Waals surface area contributed by atoms with Gasteiger partial charge in [0.25, 0.3) is 0 Å². The molecule has 3 amide bonds. The third-order valence-corrected chi connectivity index (χ3v) is 9.33. The van der Waals surface area contributed by atoms with E-state index in [-0.39, 0.29) is 24.0 Å². The van der Waals surface area contributed by atoms with E-state index in [1.54, 1.807) is 0 Å². The molecule has 6 rings (SSSR count). The number of ether oxygens (including phenoxy) is 2. The van der Waals surface area contributed by atoms with Gasteiger partial charge >= 0.3 is 12.2 Å². The van der Waals surface area contributed by atoms with E-state index in [4.69, 9.17) is 9.47 Å². The van der Waals surface area contributed by atoms with Crippen LogP contribution in [0.3, 0.4) is 0 Å². The van der Waals surface area contributed by atoms with Crippen molar-refractivity contribution in [3.8, 4) is 22.4 Å². The summed E-state index contributed by atoms with van der Waals surface area (Å²) in [5.74, 6) is 0.586. The number of nitrogens with one attached hydrogen (secondary N) is 2. The Bertz CT molecular complexity index is 1560. The Kier molecular flexibility index (Phi) is 8.97. The van der Waals surface area contributed by atoms with Crippen molar-refractivity contribution in [3.05, 3.63) is 66.2 Å². The van der Waals surface area contributed by atoms with Gasteiger partial charge in [0.1, 0.15) is 17.9 Å². The first-order valence-electron chi connectivity index (χ1n) is 16.4. The van der Waals surface area contributed by atoms with Crippen molar-refractivity contribution in [2.24, 2.45) is 5.92 Å². The molecule has 2 N–H and O–H groups in total. The highest BCUT2D eigenvalue weighted by molar-refractivity contribution is 5.91. The number of rotatable bonds is 8. The molecule has 3 aromatic rings. The summed E-state index contributed by atoms with van der Waals surface area (Å²) in [7, 11) is 0. The van der Waals surface area contributed by atoms with E-state index in [1.807, 2.05) is 86.3 Å². The number of cyclic esters (lactones) is 1. The molecule has 1 saturated heterocycles. The van der Waals surface area contributed by atoms with Gasteiger partial charge in [0.15, 0.2) is 5.82 Å². The van der Waals surface area contributed by atoms with Crippen LogP contribution in [0.5, 0.6) is 0 Å². The van der Waals surface area contributed by atoms with Gasteiger partial charge in [0, 0.05) is 23.6 Å². The predicted molar refractivity (Wildman–Crippen MR) is 175 cm³/mol. The molecule has 0 atom stereocenters. The van der Waals surface area contributed by atoms with Crippen molar-refractivity contribution in [1.82, 2.24) is 20.4 Å². The molecule has 0 radical (unpaired) electrons. The average Bonchev–Trinajstić information content (AvgIpc) is 3.45. The maximum atomic E-state index is 13.1. The van der Waals surface area contributed by atoms with Crippen LogP contribution in [0.15, 0.2) is 60.7 Å². The molecule has 0 unspecified atom stereocenters. The second kappa shape index (κ2) is 13.1. The van der Waals surface area contributed by atoms with Crippen LogP contribution in [0, 0.1) is 5.92 Å². The molecule has 0 bridgehead atoms. The zero-order chi connectivity index (χ0) is 32.3. The molecule has 10 heteroatoms. The molecule has 3 fully saturated rings. The lowest BCUT2D eigenvalue weighted by molar-refractivity contribution is -0.117. The summed E-state index contributed by atoms with van der Waals surface area (Å²) in [5.41, 5.74) is 3.44. The molecule has 2 aromatic carbocycles. The predicted octanol–water partition coefficient (Wildman–Crippen LogP) is 7.05. The lowest BCUT2D eigenvalue weighted by Gasteiger charge is -2.43. The summed E-state index contributed by atoms with van der Waals surface area (Å²) in [4.78, 5) is 39.5. The lowest BCUT2D eigenvalue weighted by atomic mass is 9.71. The smallest absolute Gasteiger partial charge is 0.410 e. The van der Waals surface area contributed by atoms with Crippen LogP contribution in [0.1, 0.15) is 77.7 Å². The molecule has 2 heterocycles. The third kappa shape index (κ3) is 7.16. The Balaban J connectivity index is 1.15. The van der Waals surface area contributed by atoms with Gasteiger partial charge in [-0.15, -0.1) is 10.2 Å². The highest BCUT2D eigenvalue weighted by Gasteiger charge is 2.41. The van der Waals surface area contributed by atoms with Crippen molar-refractivity contribution >= 4 is 23.9 Å². The number of carbonyl (C=O) groups excluding carboxylic acids is 3. The van der Waals surface area contributed by atoms with E-state index in [2.05, 4.69) is 20.8 Å². The Morgan fingerprint density at radius 1 is 0.978 bits per heavy atom. The van der Waals surface area contributed by atoms with Crippen LogP contribution in [-0.4, -0.2) is 58.0 Å². The van der Waals surface area contributed by atoms with Crippen LogP contribution in [0.25, 0.3) is 22.4 Å². The number of amides is 3. The van der Waals surface area contributed by atoms with Gasteiger partial charge in [-0.1, -0.05) is 54.6 Å². The van der Waals surface area contributed by atoms with Gasteiger partial charge in [0.2, 0.25) is 5.91 Å². The molecule has 1 aromatic heterocycles. The van der Waals surface area contributed by atoms with E-state index in [9.17, 15) is 14.4 Å². The molecule has 2 aliphatic carbocycles. The Morgan fingerprint density at radius 2 is 1.70 bits per heavy atom. The van der Waals surface area contributed by atoms with Crippen molar-refractivity contribution in [2.75, 3.05) is 18.5 Å². The van der Waals surface area contributed by atoms with E-state index in [0.717, 1.165) is 67.2 Å². The monoisotopic (exact) mass is 625 g/mol. The minimum atomic E-state index is -0.567. The normalized spacial score (nSPS) is 20.8. The zero-order valence-corrected chi connectivity index (χ0v) is 26.9. The van der Waals surface area contributed by atoms with Gasteiger partial charge in [-0.25, -0.2) is 9.59 Å². The molecular weight excluding hydrogens is 582 g/mol. The number of nitrogens with zero attached hydrogens (tertiary/aromatic N) is 3. The van der Waals surface area contributed by atoms with Gasteiger partial charge in [-0.05, 0) is 88.8 Å². The van der Waals surface area contributed by atoms with Gasteiger partial charge in [-0.2, -0.15) is 0 Å². The second-order valence-corrected chi connectivity index (χ2v) is 13.7. The van der Waals surface area contributed by atoms with E-state index < -0.39 is 17.2 Å². The van der Waals surface area contributed by atoms with Crippen LogP contribution in [-0.2, 0) is 19.8 Å². The van der Waals surface area contributed by atoms with Crippen LogP contribution >= 0.6 is 0 Å². The third-order valence-electron chi connectivity index (χ3n) is 9.33. The number of benzene rings is 2. The van der Waals surface area contributed by atoms with Crippen molar-refractivity contribution < 1.29 is 23.9 Å². The average molecular weight is 626 g/mol. The van der Waals surface area contributed by atoms with Gasteiger partial charge in [-0.3, -0.25) is 4.79 Å². The summed E-state index contributed by atoms with van der Waals surface area (Å²) in [5, 5.41) is 15.1. The van der Waals surface area contributed by atoms with Crippen molar-refractivity contribution in [2.45, 2.75) is 89.3 Å². The van der Waals surface area contributed by atoms with Crippen molar-refractivity contribution in [1.29, 1.82) is 0 Å². The van der Waals surface area contributed by atoms with E-state index in [0.29, 0.717) is 31.1 Å². The topological polar surface area (TPSA) is 123 Å². The summed E-state index contributed by atoms with van der Waals surface area (Å²) in [6.45, 7) is 6.70. The first kappa shape index (κ1) is 31.5. The highest BCUT2D eigenvalue weighted by Crippen LogP contribution is 2.42. The van der Waals surface area contributed by atoms with E-state index >= 15 is 0 Å². The first-order valence-corrected chi connectivity index (χ1v) is 16.4. The van der Waals surface area contributed by atoms with Gasteiger partial charge < -0.3 is 25.0 Å². The number of alkyl carbamates (subject to hydrolysis) is 1. The maximum Gasteiger partial charge on any atom is 0.410 e. The fraction of sp³-hybridized carbons (Fsp3) is 0.472. The standard InChI is InChI=1S/C36H43N5O5/c1-35(2,3)46-33(43)38-36(18-7-19-36)27-14-12-26(13-15-27)32-29(25-8-5-4-6-9-25)23-30(39-40-32)37-31(42)22-24-10-16-28(17-11-24)41-20-21-45-34(41)44/h4-6,8-9,12-15,23-24,28H,7,10-11,16-22H2,1-3H3,(H,38,43)(H,37,39,42). The molecule has 2 saturated carbocycles. The van der Waals surface area contributed by atoms with E-state index in [1.165, 1.54) is 0 Å². The minimum absolute atomic E-state index is 0.0854. The minimum Gasteiger partial charge on any atom is -0.448 e. The molecule has 0 spiro atoms. The summed E-state index contributed by atoms with van der Waals surface area (Å²) in [6, 6.07) is 20.1. The summed E-state index contributed by atoms with van der Waals surface area (Å²) < 4.78 is 10.6. The maximum absolute atomic E-state index is 13.1.